The Morgan fingerprint density at radius 3 is 2.78 bits per heavy atom. The number of imide groups is 1. The molecule has 2 saturated heterocycles. The van der Waals surface area contributed by atoms with Crippen LogP contribution in [0, 0.1) is 0 Å². The van der Waals surface area contributed by atoms with Crippen molar-refractivity contribution >= 4 is 11.8 Å². The number of nitrogens with zero attached hydrogens (tertiary/aromatic N) is 1. The Morgan fingerprint density at radius 2 is 2.11 bits per heavy atom. The van der Waals surface area contributed by atoms with E-state index in [1.807, 2.05) is 18.7 Å². The molecule has 1 atom stereocenters. The minimum Gasteiger partial charge on any atom is -0.314 e. The van der Waals surface area contributed by atoms with Crippen molar-refractivity contribution in [2.75, 3.05) is 19.6 Å². The van der Waals surface area contributed by atoms with Crippen LogP contribution in [-0.4, -0.2) is 47.9 Å². The van der Waals surface area contributed by atoms with Crippen molar-refractivity contribution in [3.63, 3.8) is 0 Å². The molecule has 2 N–H and O–H groups in total. The summed E-state index contributed by atoms with van der Waals surface area (Å²) in [5.74, 6) is -0.369. The molecule has 0 saturated carbocycles. The molecule has 2 amide bonds. The number of piperidine rings is 1. The van der Waals surface area contributed by atoms with Crippen LogP contribution in [0.3, 0.4) is 0 Å². The van der Waals surface area contributed by atoms with Gasteiger partial charge in [-0.1, -0.05) is 6.42 Å². The number of piperazine rings is 1. The molecular formula is C13H23N3O2. The number of hydrogen-bond donors (Lipinski definition) is 2. The maximum absolute atomic E-state index is 11.8. The average Bonchev–Trinajstić information content (AvgIpc) is 2.34. The first kappa shape index (κ1) is 13.5. The van der Waals surface area contributed by atoms with Crippen molar-refractivity contribution in [3.8, 4) is 0 Å². The third-order valence-corrected chi connectivity index (χ3v) is 4.09. The largest absolute Gasteiger partial charge is 0.314 e. The Labute approximate surface area is 108 Å². The molecule has 5 nitrogen and oxygen atoms in total. The highest BCUT2D eigenvalue weighted by Crippen LogP contribution is 2.20. The molecule has 0 bridgehead atoms. The van der Waals surface area contributed by atoms with Gasteiger partial charge in [-0.05, 0) is 39.7 Å². The smallest absolute Gasteiger partial charge is 0.246 e. The molecule has 0 aliphatic carbocycles. The predicted octanol–water partition coefficient (Wildman–Crippen LogP) is 0.256. The van der Waals surface area contributed by atoms with Gasteiger partial charge in [0.2, 0.25) is 11.8 Å². The summed E-state index contributed by atoms with van der Waals surface area (Å²) >= 11 is 0. The van der Waals surface area contributed by atoms with E-state index in [1.54, 1.807) is 0 Å². The number of nitrogens with one attached hydrogen (secondary N) is 2. The lowest BCUT2D eigenvalue weighted by atomic mass is 9.96. The van der Waals surface area contributed by atoms with Crippen LogP contribution in [0.25, 0.3) is 0 Å². The fourth-order valence-corrected chi connectivity index (χ4v) is 2.67. The molecule has 102 valence electrons. The van der Waals surface area contributed by atoms with Crippen LogP contribution in [0.2, 0.25) is 0 Å². The zero-order chi connectivity index (χ0) is 13.2. The van der Waals surface area contributed by atoms with Gasteiger partial charge in [-0.25, -0.2) is 0 Å². The topological polar surface area (TPSA) is 61.4 Å². The third kappa shape index (κ3) is 2.90. The predicted molar refractivity (Wildman–Crippen MR) is 69.1 cm³/mol. The molecule has 2 heterocycles. The monoisotopic (exact) mass is 253 g/mol. The van der Waals surface area contributed by atoms with E-state index < -0.39 is 5.54 Å². The van der Waals surface area contributed by atoms with Crippen molar-refractivity contribution in [2.24, 2.45) is 0 Å². The molecule has 5 heteroatoms. The van der Waals surface area contributed by atoms with Crippen molar-refractivity contribution in [1.29, 1.82) is 0 Å². The van der Waals surface area contributed by atoms with Crippen LogP contribution < -0.4 is 10.6 Å². The first-order valence-electron chi connectivity index (χ1n) is 6.83. The van der Waals surface area contributed by atoms with Gasteiger partial charge in [-0.15, -0.1) is 0 Å². The van der Waals surface area contributed by atoms with Crippen molar-refractivity contribution in [2.45, 2.75) is 51.1 Å². The standard InChI is InChI=1S/C13H23N3O2/c1-13(2)12(18)15-11(17)9-16(13)8-6-10-5-3-4-7-14-10/h10,14H,3-9H2,1-2H3,(H,15,17,18). The molecule has 0 spiro atoms. The van der Waals surface area contributed by atoms with E-state index in [9.17, 15) is 9.59 Å². The first-order chi connectivity index (χ1) is 8.50. The van der Waals surface area contributed by atoms with Crippen LogP contribution in [0.15, 0.2) is 0 Å². The molecule has 18 heavy (non-hydrogen) atoms. The summed E-state index contributed by atoms with van der Waals surface area (Å²) in [5.41, 5.74) is -0.581. The van der Waals surface area contributed by atoms with Crippen molar-refractivity contribution in [3.05, 3.63) is 0 Å². The van der Waals surface area contributed by atoms with Gasteiger partial charge in [0, 0.05) is 12.6 Å². The quantitative estimate of drug-likeness (QED) is 0.708. The zero-order valence-electron chi connectivity index (χ0n) is 11.3. The van der Waals surface area contributed by atoms with Gasteiger partial charge in [0.15, 0.2) is 0 Å². The van der Waals surface area contributed by atoms with E-state index in [0.29, 0.717) is 12.6 Å². The van der Waals surface area contributed by atoms with Gasteiger partial charge in [-0.2, -0.15) is 0 Å². The Bertz CT molecular complexity index is 335. The van der Waals surface area contributed by atoms with Gasteiger partial charge in [-0.3, -0.25) is 19.8 Å². The minimum absolute atomic E-state index is 0.184. The third-order valence-electron chi connectivity index (χ3n) is 4.09. The summed E-state index contributed by atoms with van der Waals surface area (Å²) in [6.07, 6.45) is 4.74. The average molecular weight is 253 g/mol. The molecule has 2 fully saturated rings. The van der Waals surface area contributed by atoms with Crippen LogP contribution in [0.5, 0.6) is 0 Å². The molecule has 2 aliphatic rings. The lowest BCUT2D eigenvalue weighted by Gasteiger charge is -2.41. The Morgan fingerprint density at radius 1 is 1.33 bits per heavy atom. The fraction of sp³-hybridized carbons (Fsp3) is 0.846. The van der Waals surface area contributed by atoms with Gasteiger partial charge in [0.1, 0.15) is 0 Å². The SMILES string of the molecule is CC1(C)C(=O)NC(=O)CN1CCC1CCCCN1. The summed E-state index contributed by atoms with van der Waals surface area (Å²) in [6, 6.07) is 0.537. The molecule has 2 aliphatic heterocycles. The van der Waals surface area contributed by atoms with Crippen LogP contribution >= 0.6 is 0 Å². The zero-order valence-corrected chi connectivity index (χ0v) is 11.3. The van der Waals surface area contributed by atoms with E-state index in [0.717, 1.165) is 19.5 Å². The van der Waals surface area contributed by atoms with Gasteiger partial charge in [0.05, 0.1) is 12.1 Å². The molecular weight excluding hydrogens is 230 g/mol. The Balaban J connectivity index is 1.89. The number of rotatable bonds is 3. The summed E-state index contributed by atoms with van der Waals surface area (Å²) in [4.78, 5) is 25.2. The normalized spacial score (nSPS) is 29.1. The van der Waals surface area contributed by atoms with Crippen LogP contribution in [0.1, 0.15) is 39.5 Å². The maximum Gasteiger partial charge on any atom is 0.246 e. The van der Waals surface area contributed by atoms with E-state index in [4.69, 9.17) is 0 Å². The maximum atomic E-state index is 11.8. The summed E-state index contributed by atoms with van der Waals surface area (Å²) in [7, 11) is 0. The fourth-order valence-electron chi connectivity index (χ4n) is 2.67. The van der Waals surface area contributed by atoms with E-state index in [2.05, 4.69) is 10.6 Å². The first-order valence-corrected chi connectivity index (χ1v) is 6.83. The number of carbonyl (C=O) groups excluding carboxylic acids is 2. The highest BCUT2D eigenvalue weighted by molar-refractivity contribution is 6.02. The highest BCUT2D eigenvalue weighted by atomic mass is 16.2. The number of hydrogen-bond acceptors (Lipinski definition) is 4. The lowest BCUT2D eigenvalue weighted by Crippen LogP contribution is -2.64. The van der Waals surface area contributed by atoms with E-state index in [-0.39, 0.29) is 11.8 Å². The number of carbonyl (C=O) groups is 2. The summed E-state index contributed by atoms with van der Waals surface area (Å²) in [6.45, 7) is 5.97. The minimum atomic E-state index is -0.581. The summed E-state index contributed by atoms with van der Waals surface area (Å²) in [5, 5.41) is 5.90. The Hall–Kier alpha value is -0.940. The number of amides is 2. The second-order valence-corrected chi connectivity index (χ2v) is 5.79. The molecule has 0 aromatic carbocycles. The van der Waals surface area contributed by atoms with Crippen molar-refractivity contribution < 1.29 is 9.59 Å². The van der Waals surface area contributed by atoms with Crippen LogP contribution in [0.4, 0.5) is 0 Å². The van der Waals surface area contributed by atoms with Gasteiger partial charge < -0.3 is 5.32 Å². The Kier molecular flexibility index (Phi) is 4.02. The molecule has 1 unspecified atom stereocenters. The van der Waals surface area contributed by atoms with E-state index >= 15 is 0 Å². The molecule has 0 radical (unpaired) electrons. The van der Waals surface area contributed by atoms with E-state index in [1.165, 1.54) is 19.3 Å². The van der Waals surface area contributed by atoms with Gasteiger partial charge in [0.25, 0.3) is 0 Å². The van der Waals surface area contributed by atoms with Crippen LogP contribution in [-0.2, 0) is 9.59 Å². The second-order valence-electron chi connectivity index (χ2n) is 5.79. The lowest BCUT2D eigenvalue weighted by molar-refractivity contribution is -0.145. The highest BCUT2D eigenvalue weighted by Gasteiger charge is 2.40. The molecule has 0 aromatic heterocycles. The van der Waals surface area contributed by atoms with Crippen molar-refractivity contribution in [1.82, 2.24) is 15.5 Å². The molecule has 2 rings (SSSR count). The second kappa shape index (κ2) is 5.36. The molecule has 0 aromatic rings. The summed E-state index contributed by atoms with van der Waals surface area (Å²) < 4.78 is 0. The van der Waals surface area contributed by atoms with Gasteiger partial charge >= 0.3 is 0 Å².